The Morgan fingerprint density at radius 2 is 1.32 bits per heavy atom. The molecule has 0 rings (SSSR count). The van der Waals surface area contributed by atoms with Gasteiger partial charge in [0.1, 0.15) is 0 Å². The van der Waals surface area contributed by atoms with Crippen molar-refractivity contribution >= 4 is 8.03 Å². The highest BCUT2D eigenvalue weighted by Gasteiger charge is 2.53. The van der Waals surface area contributed by atoms with Crippen molar-refractivity contribution in [2.45, 2.75) is 109 Å². The van der Waals surface area contributed by atoms with E-state index in [-0.39, 0.29) is 0 Å². The zero-order valence-electron chi connectivity index (χ0n) is 19.3. The lowest BCUT2D eigenvalue weighted by Crippen LogP contribution is -2.55. The fourth-order valence-electron chi connectivity index (χ4n) is 3.97. The molecule has 0 spiro atoms. The van der Waals surface area contributed by atoms with Gasteiger partial charge in [-0.2, -0.15) is 0 Å². The molecule has 0 aromatic heterocycles. The maximum atomic E-state index is 12.0. The van der Waals surface area contributed by atoms with Gasteiger partial charge in [-0.15, -0.1) is 6.58 Å². The third-order valence-electron chi connectivity index (χ3n) is 5.88. The smallest absolute Gasteiger partial charge is 0.376 e. The number of nitrogens with zero attached hydrogens (tertiary/aromatic N) is 1. The van der Waals surface area contributed by atoms with E-state index in [1.165, 1.54) is 57.8 Å². The Kier molecular flexibility index (Phi) is 16.0. The van der Waals surface area contributed by atoms with Crippen molar-refractivity contribution in [3.63, 3.8) is 0 Å². The van der Waals surface area contributed by atoms with E-state index in [0.717, 1.165) is 38.5 Å². The van der Waals surface area contributed by atoms with E-state index in [4.69, 9.17) is 0 Å². The fraction of sp³-hybridized carbons (Fsp3) is 0.833. The second-order valence-corrected chi connectivity index (χ2v) is 10.4. The molecular weight excluding hydrogens is 365 g/mol. The van der Waals surface area contributed by atoms with Gasteiger partial charge in [0.25, 0.3) is 5.28 Å². The molecule has 2 atom stereocenters. The minimum Gasteiger partial charge on any atom is -0.590 e. The molecule has 0 N–H and O–H groups in total. The highest BCUT2D eigenvalue weighted by atomic mass is 31.1. The summed E-state index contributed by atoms with van der Waals surface area (Å²) in [4.78, 5) is 12.0. The van der Waals surface area contributed by atoms with Crippen molar-refractivity contribution in [2.24, 2.45) is 0 Å². The monoisotopic (exact) mass is 412 g/mol. The summed E-state index contributed by atoms with van der Waals surface area (Å²) >= 11 is 0. The molecule has 3 nitrogen and oxygen atoms in total. The van der Waals surface area contributed by atoms with Gasteiger partial charge in [0.05, 0.1) is 21.1 Å². The SMILES string of the molecule is C=CCCCC=CCCCCCCCCCCC(CCC)([P+](=O)[O-])[N+](C)(C)C. The number of allylic oxidation sites excluding steroid dienone is 3. The van der Waals surface area contributed by atoms with Crippen LogP contribution in [0.3, 0.4) is 0 Å². The molecule has 0 radical (unpaired) electrons. The Bertz CT molecular complexity index is 442. The van der Waals surface area contributed by atoms with Gasteiger partial charge in [-0.25, -0.2) is 0 Å². The van der Waals surface area contributed by atoms with Crippen molar-refractivity contribution in [3.05, 3.63) is 24.8 Å². The summed E-state index contributed by atoms with van der Waals surface area (Å²) in [6, 6.07) is 0. The van der Waals surface area contributed by atoms with E-state index in [0.29, 0.717) is 4.48 Å². The number of hydrogen-bond acceptors (Lipinski definition) is 2. The number of quaternary nitrogens is 1. The van der Waals surface area contributed by atoms with Crippen LogP contribution in [0, 0.1) is 0 Å². The van der Waals surface area contributed by atoms with Crippen LogP contribution < -0.4 is 4.89 Å². The predicted octanol–water partition coefficient (Wildman–Crippen LogP) is 7.11. The number of hydrogen-bond donors (Lipinski definition) is 0. The van der Waals surface area contributed by atoms with Crippen LogP contribution in [0.4, 0.5) is 0 Å². The molecule has 0 heterocycles. The Balaban J connectivity index is 3.79. The van der Waals surface area contributed by atoms with Crippen LogP contribution in [0.15, 0.2) is 24.8 Å². The fourth-order valence-corrected chi connectivity index (χ4v) is 5.21. The summed E-state index contributed by atoms with van der Waals surface area (Å²) in [5.74, 6) is 0. The largest absolute Gasteiger partial charge is 0.590 e. The highest BCUT2D eigenvalue weighted by Crippen LogP contribution is 2.45. The van der Waals surface area contributed by atoms with E-state index in [2.05, 4.69) is 25.7 Å². The molecule has 28 heavy (non-hydrogen) atoms. The Hall–Kier alpha value is -0.500. The van der Waals surface area contributed by atoms with Gasteiger partial charge in [0.15, 0.2) is 0 Å². The first kappa shape index (κ1) is 27.5. The van der Waals surface area contributed by atoms with Crippen LogP contribution in [-0.4, -0.2) is 30.9 Å². The topological polar surface area (TPSA) is 40.1 Å². The van der Waals surface area contributed by atoms with Gasteiger partial charge in [-0.3, -0.25) is 4.48 Å². The predicted molar refractivity (Wildman–Crippen MR) is 123 cm³/mol. The molecule has 0 aliphatic rings. The standard InChI is InChI=1S/C24H47NO2P/c1-6-8-9-10-11-12-13-14-15-16-17-18-19-20-21-23-24(22-7-2,28(26)27)25(3,4)5/h6,11-12H,1,7-10,13-23H2,2-5H3/q+1. The van der Waals surface area contributed by atoms with Crippen molar-refractivity contribution in [1.29, 1.82) is 0 Å². The second kappa shape index (κ2) is 16.3. The molecule has 0 aromatic rings. The molecule has 0 saturated carbocycles. The van der Waals surface area contributed by atoms with E-state index >= 15 is 0 Å². The van der Waals surface area contributed by atoms with Gasteiger partial charge < -0.3 is 4.89 Å². The van der Waals surface area contributed by atoms with Gasteiger partial charge in [-0.1, -0.05) is 68.2 Å². The number of rotatable bonds is 19. The van der Waals surface area contributed by atoms with Crippen LogP contribution in [-0.2, 0) is 4.57 Å². The maximum Gasteiger partial charge on any atom is 0.376 e. The van der Waals surface area contributed by atoms with Crippen LogP contribution in [0.1, 0.15) is 103 Å². The Morgan fingerprint density at radius 1 is 0.821 bits per heavy atom. The quantitative estimate of drug-likeness (QED) is 0.0982. The molecule has 0 aliphatic heterocycles. The van der Waals surface area contributed by atoms with Gasteiger partial charge >= 0.3 is 8.03 Å². The Morgan fingerprint density at radius 3 is 1.79 bits per heavy atom. The average Bonchev–Trinajstić information content (AvgIpc) is 2.62. The van der Waals surface area contributed by atoms with Gasteiger partial charge in [-0.05, 0) is 44.9 Å². The lowest BCUT2D eigenvalue weighted by atomic mass is 9.99. The lowest BCUT2D eigenvalue weighted by Gasteiger charge is -2.39. The summed E-state index contributed by atoms with van der Waals surface area (Å²) < 4.78 is 12.6. The first-order valence-electron chi connectivity index (χ1n) is 11.5. The molecule has 0 fully saturated rings. The normalized spacial score (nSPS) is 15.0. The summed E-state index contributed by atoms with van der Waals surface area (Å²) in [5.41, 5.74) is 0. The van der Waals surface area contributed by atoms with Gasteiger partial charge in [0.2, 0.25) is 0 Å². The summed E-state index contributed by atoms with van der Waals surface area (Å²) in [5, 5.41) is -0.594. The minimum atomic E-state index is -2.42. The summed E-state index contributed by atoms with van der Waals surface area (Å²) in [7, 11) is 3.65. The highest BCUT2D eigenvalue weighted by molar-refractivity contribution is 7.38. The molecule has 0 bridgehead atoms. The lowest BCUT2D eigenvalue weighted by molar-refractivity contribution is -0.910. The number of unbranched alkanes of at least 4 members (excludes halogenated alkanes) is 10. The van der Waals surface area contributed by atoms with E-state index in [9.17, 15) is 9.46 Å². The second-order valence-electron chi connectivity index (χ2n) is 9.06. The minimum absolute atomic E-state index is 0.516. The van der Waals surface area contributed by atoms with E-state index in [1.54, 1.807) is 0 Å². The zero-order chi connectivity index (χ0) is 21.3. The molecule has 0 aliphatic carbocycles. The summed E-state index contributed by atoms with van der Waals surface area (Å²) in [6.07, 6.45) is 23.8. The molecular formula is C24H47NO2P+. The Labute approximate surface area is 176 Å². The van der Waals surface area contributed by atoms with Crippen LogP contribution in [0.5, 0.6) is 0 Å². The van der Waals surface area contributed by atoms with E-state index < -0.39 is 13.3 Å². The molecule has 164 valence electrons. The first-order chi connectivity index (χ1) is 13.3. The van der Waals surface area contributed by atoms with Crippen molar-refractivity contribution in [2.75, 3.05) is 21.1 Å². The van der Waals surface area contributed by atoms with E-state index in [1.807, 2.05) is 27.2 Å². The zero-order valence-corrected chi connectivity index (χ0v) is 20.2. The molecule has 0 amide bonds. The average molecular weight is 413 g/mol. The third kappa shape index (κ3) is 11.5. The van der Waals surface area contributed by atoms with Gasteiger partial charge in [0, 0.05) is 12.8 Å². The molecule has 0 aromatic carbocycles. The summed E-state index contributed by atoms with van der Waals surface area (Å²) in [6.45, 7) is 5.83. The molecule has 4 heteroatoms. The molecule has 0 saturated heterocycles. The van der Waals surface area contributed by atoms with Crippen LogP contribution in [0.25, 0.3) is 0 Å². The van der Waals surface area contributed by atoms with Crippen LogP contribution in [0.2, 0.25) is 0 Å². The van der Waals surface area contributed by atoms with Crippen molar-refractivity contribution in [1.82, 2.24) is 0 Å². The van der Waals surface area contributed by atoms with Crippen LogP contribution >= 0.6 is 8.03 Å². The van der Waals surface area contributed by atoms with Crippen molar-refractivity contribution in [3.8, 4) is 0 Å². The maximum absolute atomic E-state index is 12.0. The molecule has 2 unspecified atom stereocenters. The third-order valence-corrected chi connectivity index (χ3v) is 7.61. The first-order valence-corrected chi connectivity index (χ1v) is 12.7. The van der Waals surface area contributed by atoms with Crippen molar-refractivity contribution < 1.29 is 13.9 Å².